The molecule has 1 aliphatic rings. The standard InChI is InChI=1S/C21H23NO5S/c1-3-4-15-5-7-16(8-6-15)20(23)14-27-21(24)18-9-10-19-17(13-18)11-12-22(19)28(2,25)26/h5-10,13H,3-4,11-12,14H2,1-2H3. The smallest absolute Gasteiger partial charge is 0.338 e. The number of benzene rings is 2. The summed E-state index contributed by atoms with van der Waals surface area (Å²) < 4.78 is 30.0. The molecule has 148 valence electrons. The van der Waals surface area contributed by atoms with Crippen molar-refractivity contribution in [1.29, 1.82) is 0 Å². The van der Waals surface area contributed by atoms with Crippen LogP contribution in [-0.2, 0) is 27.6 Å². The zero-order valence-corrected chi connectivity index (χ0v) is 16.8. The van der Waals surface area contributed by atoms with E-state index in [1.54, 1.807) is 24.3 Å². The van der Waals surface area contributed by atoms with Gasteiger partial charge in [0.25, 0.3) is 0 Å². The molecular formula is C21H23NO5S. The molecule has 0 atom stereocenters. The molecule has 0 aromatic heterocycles. The number of aryl methyl sites for hydroxylation is 1. The summed E-state index contributed by atoms with van der Waals surface area (Å²) in [5.74, 6) is -0.864. The topological polar surface area (TPSA) is 80.8 Å². The van der Waals surface area contributed by atoms with Crippen molar-refractivity contribution in [2.45, 2.75) is 26.2 Å². The van der Waals surface area contributed by atoms with Gasteiger partial charge in [-0.05, 0) is 42.2 Å². The van der Waals surface area contributed by atoms with E-state index in [0.29, 0.717) is 29.8 Å². The van der Waals surface area contributed by atoms with Gasteiger partial charge < -0.3 is 4.74 Å². The summed E-state index contributed by atoms with van der Waals surface area (Å²) in [7, 11) is -3.34. The van der Waals surface area contributed by atoms with Crippen LogP contribution in [0.2, 0.25) is 0 Å². The third kappa shape index (κ3) is 4.42. The van der Waals surface area contributed by atoms with Crippen LogP contribution in [0.1, 0.15) is 45.2 Å². The van der Waals surface area contributed by atoms with E-state index in [4.69, 9.17) is 4.74 Å². The van der Waals surface area contributed by atoms with Crippen LogP contribution in [0.15, 0.2) is 42.5 Å². The van der Waals surface area contributed by atoms with Gasteiger partial charge in [0.2, 0.25) is 10.0 Å². The molecule has 1 aliphatic heterocycles. The highest BCUT2D eigenvalue weighted by molar-refractivity contribution is 7.92. The van der Waals surface area contributed by atoms with Crippen LogP contribution in [0.25, 0.3) is 0 Å². The van der Waals surface area contributed by atoms with Gasteiger partial charge in [0.15, 0.2) is 12.4 Å². The highest BCUT2D eigenvalue weighted by Crippen LogP contribution is 2.30. The lowest BCUT2D eigenvalue weighted by Crippen LogP contribution is -2.27. The minimum absolute atomic E-state index is 0.263. The van der Waals surface area contributed by atoms with Gasteiger partial charge in [-0.2, -0.15) is 0 Å². The number of ether oxygens (including phenoxy) is 1. The third-order valence-corrected chi connectivity index (χ3v) is 5.90. The van der Waals surface area contributed by atoms with Crippen molar-refractivity contribution in [2.75, 3.05) is 23.7 Å². The maximum atomic E-state index is 12.3. The number of rotatable bonds is 7. The van der Waals surface area contributed by atoms with Crippen molar-refractivity contribution in [3.8, 4) is 0 Å². The fraction of sp³-hybridized carbons (Fsp3) is 0.333. The van der Waals surface area contributed by atoms with Gasteiger partial charge in [0.1, 0.15) is 0 Å². The zero-order chi connectivity index (χ0) is 20.3. The molecular weight excluding hydrogens is 378 g/mol. The van der Waals surface area contributed by atoms with Crippen LogP contribution < -0.4 is 4.31 Å². The van der Waals surface area contributed by atoms with Crippen LogP contribution in [0.3, 0.4) is 0 Å². The molecule has 0 bridgehead atoms. The first-order valence-corrected chi connectivity index (χ1v) is 11.0. The molecule has 0 fully saturated rings. The van der Waals surface area contributed by atoms with Gasteiger partial charge in [-0.25, -0.2) is 13.2 Å². The Bertz CT molecular complexity index is 996. The third-order valence-electron chi connectivity index (χ3n) is 4.72. The van der Waals surface area contributed by atoms with Crippen molar-refractivity contribution in [1.82, 2.24) is 0 Å². The molecule has 0 aliphatic carbocycles. The van der Waals surface area contributed by atoms with E-state index in [-0.39, 0.29) is 12.4 Å². The SMILES string of the molecule is CCCc1ccc(C(=O)COC(=O)c2ccc3c(c2)CCN3S(C)(=O)=O)cc1. The average Bonchev–Trinajstić information content (AvgIpc) is 3.10. The Balaban J connectivity index is 1.63. The van der Waals surface area contributed by atoms with Crippen molar-refractivity contribution in [3.63, 3.8) is 0 Å². The Labute approximate surface area is 165 Å². The lowest BCUT2D eigenvalue weighted by molar-refractivity contribution is 0.0474. The molecule has 2 aromatic rings. The first kappa shape index (κ1) is 20.1. The van der Waals surface area contributed by atoms with Crippen molar-refractivity contribution in [3.05, 3.63) is 64.7 Å². The Hall–Kier alpha value is -2.67. The number of anilines is 1. The predicted molar refractivity (Wildman–Crippen MR) is 107 cm³/mol. The Morgan fingerprint density at radius 3 is 2.39 bits per heavy atom. The molecule has 0 saturated heterocycles. The van der Waals surface area contributed by atoms with Crippen molar-refractivity contribution >= 4 is 27.5 Å². The van der Waals surface area contributed by atoms with Crippen molar-refractivity contribution in [2.24, 2.45) is 0 Å². The molecule has 0 spiro atoms. The minimum atomic E-state index is -3.34. The van der Waals surface area contributed by atoms with Crippen LogP contribution in [0.4, 0.5) is 5.69 Å². The largest absolute Gasteiger partial charge is 0.454 e. The Kier molecular flexibility index (Phi) is 5.84. The normalized spacial score (nSPS) is 13.3. The summed E-state index contributed by atoms with van der Waals surface area (Å²) in [4.78, 5) is 24.5. The van der Waals surface area contributed by atoms with Gasteiger partial charge in [-0.15, -0.1) is 0 Å². The summed E-state index contributed by atoms with van der Waals surface area (Å²) in [6, 6.07) is 12.1. The van der Waals surface area contributed by atoms with E-state index in [0.717, 1.165) is 30.2 Å². The summed E-state index contributed by atoms with van der Waals surface area (Å²) in [5.41, 5.74) is 3.34. The quantitative estimate of drug-likeness (QED) is 0.526. The molecule has 6 nitrogen and oxygen atoms in total. The van der Waals surface area contributed by atoms with Crippen LogP contribution in [-0.4, -0.2) is 39.6 Å². The lowest BCUT2D eigenvalue weighted by atomic mass is 10.1. The van der Waals surface area contributed by atoms with E-state index in [1.165, 1.54) is 10.4 Å². The lowest BCUT2D eigenvalue weighted by Gasteiger charge is -2.16. The zero-order valence-electron chi connectivity index (χ0n) is 16.0. The van der Waals surface area contributed by atoms with Crippen LogP contribution in [0.5, 0.6) is 0 Å². The molecule has 0 N–H and O–H groups in total. The summed E-state index contributed by atoms with van der Waals surface area (Å²) >= 11 is 0. The average molecular weight is 401 g/mol. The summed E-state index contributed by atoms with van der Waals surface area (Å²) in [6.07, 6.45) is 3.68. The molecule has 0 radical (unpaired) electrons. The summed E-state index contributed by atoms with van der Waals surface area (Å²) in [5, 5.41) is 0. The number of carbonyl (C=O) groups excluding carboxylic acids is 2. The number of sulfonamides is 1. The second-order valence-corrected chi connectivity index (χ2v) is 8.78. The van der Waals surface area contributed by atoms with Gasteiger partial charge in [-0.3, -0.25) is 9.10 Å². The first-order chi connectivity index (χ1) is 13.3. The number of carbonyl (C=O) groups is 2. The number of hydrogen-bond donors (Lipinski definition) is 0. The van der Waals surface area contributed by atoms with Gasteiger partial charge in [-0.1, -0.05) is 37.6 Å². The number of Topliss-reactive ketones (excluding diaryl/α,β-unsaturated/α-hetero) is 1. The van der Waals surface area contributed by atoms with E-state index >= 15 is 0 Å². The van der Waals surface area contributed by atoms with Crippen LogP contribution >= 0.6 is 0 Å². The molecule has 3 rings (SSSR count). The molecule has 28 heavy (non-hydrogen) atoms. The molecule has 0 saturated carbocycles. The molecule has 7 heteroatoms. The predicted octanol–water partition coefficient (Wildman–Crippen LogP) is 3.00. The Morgan fingerprint density at radius 1 is 1.07 bits per heavy atom. The second-order valence-electron chi connectivity index (χ2n) is 6.87. The second kappa shape index (κ2) is 8.14. The van der Waals surface area contributed by atoms with Gasteiger partial charge in [0.05, 0.1) is 17.5 Å². The van der Waals surface area contributed by atoms with Gasteiger partial charge >= 0.3 is 5.97 Å². The molecule has 1 heterocycles. The molecule has 2 aromatic carbocycles. The first-order valence-electron chi connectivity index (χ1n) is 9.19. The number of hydrogen-bond acceptors (Lipinski definition) is 5. The molecule has 0 unspecified atom stereocenters. The fourth-order valence-electron chi connectivity index (χ4n) is 3.29. The molecule has 0 amide bonds. The number of esters is 1. The maximum absolute atomic E-state index is 12.3. The maximum Gasteiger partial charge on any atom is 0.338 e. The summed E-state index contributed by atoms with van der Waals surface area (Å²) in [6.45, 7) is 2.12. The number of ketones is 1. The van der Waals surface area contributed by atoms with E-state index in [2.05, 4.69) is 6.92 Å². The van der Waals surface area contributed by atoms with Crippen molar-refractivity contribution < 1.29 is 22.7 Å². The minimum Gasteiger partial charge on any atom is -0.454 e. The number of nitrogens with zero attached hydrogens (tertiary/aromatic N) is 1. The van der Waals surface area contributed by atoms with E-state index in [9.17, 15) is 18.0 Å². The van der Waals surface area contributed by atoms with Gasteiger partial charge in [0, 0.05) is 12.1 Å². The highest BCUT2D eigenvalue weighted by Gasteiger charge is 2.27. The fourth-order valence-corrected chi connectivity index (χ4v) is 4.25. The van der Waals surface area contributed by atoms with E-state index < -0.39 is 16.0 Å². The monoisotopic (exact) mass is 401 g/mol. The number of fused-ring (bicyclic) bond motifs is 1. The van der Waals surface area contributed by atoms with Crippen LogP contribution in [0, 0.1) is 0 Å². The highest BCUT2D eigenvalue weighted by atomic mass is 32.2. The van der Waals surface area contributed by atoms with E-state index in [1.807, 2.05) is 12.1 Å². The Morgan fingerprint density at radius 2 is 1.75 bits per heavy atom.